The molecule has 0 amide bonds. The van der Waals surface area contributed by atoms with Crippen LogP contribution >= 0.6 is 11.6 Å². The quantitative estimate of drug-likeness (QED) is 0.634. The fourth-order valence-corrected chi connectivity index (χ4v) is 4.21. The van der Waals surface area contributed by atoms with Gasteiger partial charge in [0.05, 0.1) is 6.04 Å². The molecule has 2 heterocycles. The number of nitrogens with one attached hydrogen (secondary N) is 1. The van der Waals surface area contributed by atoms with E-state index < -0.39 is 0 Å². The summed E-state index contributed by atoms with van der Waals surface area (Å²) >= 11 is 6.04. The minimum atomic E-state index is 0.212. The average molecular weight is 389 g/mol. The van der Waals surface area contributed by atoms with Crippen LogP contribution in [0.15, 0.2) is 53.5 Å². The van der Waals surface area contributed by atoms with Gasteiger partial charge in [-0.05, 0) is 55.5 Å². The first-order valence-corrected chi connectivity index (χ1v) is 10.2. The van der Waals surface area contributed by atoms with Crippen LogP contribution in [0, 0.1) is 0 Å². The van der Waals surface area contributed by atoms with Crippen molar-refractivity contribution in [3.8, 4) is 11.4 Å². The summed E-state index contributed by atoms with van der Waals surface area (Å²) in [7, 11) is 0. The Morgan fingerprint density at radius 3 is 2.68 bits per heavy atom. The molecule has 0 saturated heterocycles. The van der Waals surface area contributed by atoms with E-state index in [1.807, 2.05) is 24.3 Å². The molecule has 0 spiro atoms. The number of hydrogen-bond donors (Lipinski definition) is 1. The largest absolute Gasteiger partial charge is 0.324 e. The Hall–Kier alpha value is -2.72. The lowest BCUT2D eigenvalue weighted by molar-refractivity contribution is 0.716. The van der Waals surface area contributed by atoms with Crippen molar-refractivity contribution in [2.24, 2.45) is 4.99 Å². The van der Waals surface area contributed by atoms with Crippen molar-refractivity contribution in [2.75, 3.05) is 5.32 Å². The van der Waals surface area contributed by atoms with Crippen LogP contribution in [0.4, 0.5) is 5.82 Å². The van der Waals surface area contributed by atoms with Gasteiger partial charge in [-0.15, -0.1) is 0 Å². The van der Waals surface area contributed by atoms with E-state index in [2.05, 4.69) is 36.5 Å². The minimum absolute atomic E-state index is 0.212. The first kappa shape index (κ1) is 17.4. The summed E-state index contributed by atoms with van der Waals surface area (Å²) < 4.78 is 0. The monoisotopic (exact) mass is 388 g/mol. The van der Waals surface area contributed by atoms with Crippen LogP contribution in [0.2, 0.25) is 5.02 Å². The van der Waals surface area contributed by atoms with Crippen molar-refractivity contribution in [1.82, 2.24) is 9.97 Å². The number of nitrogens with zero attached hydrogens (tertiary/aromatic N) is 3. The van der Waals surface area contributed by atoms with Crippen LogP contribution in [0.25, 0.3) is 11.4 Å². The molecule has 28 heavy (non-hydrogen) atoms. The van der Waals surface area contributed by atoms with Gasteiger partial charge in [-0.3, -0.25) is 4.99 Å². The zero-order chi connectivity index (χ0) is 19.1. The molecule has 1 aliphatic heterocycles. The molecule has 5 heteroatoms. The summed E-state index contributed by atoms with van der Waals surface area (Å²) in [5.41, 5.74) is 5.80. The molecule has 0 fully saturated rings. The molecule has 3 aromatic rings. The van der Waals surface area contributed by atoms with Crippen molar-refractivity contribution in [2.45, 2.75) is 38.6 Å². The first-order valence-electron chi connectivity index (χ1n) is 9.83. The lowest BCUT2D eigenvalue weighted by Crippen LogP contribution is -2.15. The smallest absolute Gasteiger partial charge is 0.161 e. The second-order valence-electron chi connectivity index (χ2n) is 7.30. The molecule has 4 nitrogen and oxygen atoms in total. The highest BCUT2D eigenvalue weighted by molar-refractivity contribution is 6.30. The summed E-state index contributed by atoms with van der Waals surface area (Å²) in [6, 6.07) is 16.4. The molecule has 140 valence electrons. The second-order valence-corrected chi connectivity index (χ2v) is 7.73. The number of amidine groups is 1. The molecule has 0 saturated carbocycles. The lowest BCUT2D eigenvalue weighted by Gasteiger charge is -2.13. The van der Waals surface area contributed by atoms with E-state index in [0.717, 1.165) is 54.4 Å². The molecular formula is C23H21ClN4. The maximum Gasteiger partial charge on any atom is 0.161 e. The van der Waals surface area contributed by atoms with E-state index in [9.17, 15) is 0 Å². The third-order valence-corrected chi connectivity index (χ3v) is 5.77. The zero-order valence-electron chi connectivity index (χ0n) is 15.7. The van der Waals surface area contributed by atoms with Crippen LogP contribution in [-0.4, -0.2) is 15.8 Å². The average Bonchev–Trinajstić information content (AvgIpc) is 3.33. The van der Waals surface area contributed by atoms with E-state index in [1.54, 1.807) is 0 Å². The predicted molar refractivity (Wildman–Crippen MR) is 114 cm³/mol. The lowest BCUT2D eigenvalue weighted by atomic mass is 10.0. The van der Waals surface area contributed by atoms with E-state index in [-0.39, 0.29) is 6.04 Å². The van der Waals surface area contributed by atoms with Crippen molar-refractivity contribution in [1.29, 1.82) is 0 Å². The molecular weight excluding hydrogens is 368 g/mol. The fourth-order valence-electron chi connectivity index (χ4n) is 4.09. The zero-order valence-corrected chi connectivity index (χ0v) is 16.5. The molecule has 0 bridgehead atoms. The summed E-state index contributed by atoms with van der Waals surface area (Å²) in [6.45, 7) is 2.18. The second kappa shape index (κ2) is 7.02. The minimum Gasteiger partial charge on any atom is -0.324 e. The number of aliphatic imine (C=N–C) groups is 1. The number of fused-ring (bicyclic) bond motifs is 2. The van der Waals surface area contributed by atoms with Crippen LogP contribution in [0.1, 0.15) is 48.2 Å². The fraction of sp³-hybridized carbons (Fsp3) is 0.261. The van der Waals surface area contributed by atoms with Crippen LogP contribution in [-0.2, 0) is 12.8 Å². The van der Waals surface area contributed by atoms with Gasteiger partial charge < -0.3 is 5.32 Å². The van der Waals surface area contributed by atoms with Gasteiger partial charge in [0.25, 0.3) is 0 Å². The Morgan fingerprint density at radius 1 is 1.04 bits per heavy atom. The Bertz CT molecular complexity index is 1070. The molecule has 2 aromatic carbocycles. The Labute approximate surface area is 169 Å². The van der Waals surface area contributed by atoms with Gasteiger partial charge in [0.2, 0.25) is 0 Å². The summed E-state index contributed by atoms with van der Waals surface area (Å²) in [4.78, 5) is 14.7. The molecule has 1 atom stereocenters. The summed E-state index contributed by atoms with van der Waals surface area (Å²) in [5, 5.41) is 4.27. The summed E-state index contributed by atoms with van der Waals surface area (Å²) in [6.07, 6.45) is 4.10. The summed E-state index contributed by atoms with van der Waals surface area (Å²) in [5.74, 6) is 2.54. The van der Waals surface area contributed by atoms with Crippen LogP contribution in [0.5, 0.6) is 0 Å². The van der Waals surface area contributed by atoms with Gasteiger partial charge in [0, 0.05) is 27.4 Å². The highest BCUT2D eigenvalue weighted by atomic mass is 35.5. The number of halogens is 1. The first-order chi connectivity index (χ1) is 13.7. The van der Waals surface area contributed by atoms with Gasteiger partial charge in [0.15, 0.2) is 5.82 Å². The molecule has 1 aromatic heterocycles. The predicted octanol–water partition coefficient (Wildman–Crippen LogP) is 5.61. The van der Waals surface area contributed by atoms with Gasteiger partial charge >= 0.3 is 0 Å². The molecule has 5 rings (SSSR count). The molecule has 0 radical (unpaired) electrons. The van der Waals surface area contributed by atoms with Crippen LogP contribution < -0.4 is 5.32 Å². The van der Waals surface area contributed by atoms with Gasteiger partial charge in [-0.1, -0.05) is 42.8 Å². The highest BCUT2D eigenvalue weighted by Gasteiger charge is 2.26. The number of rotatable bonds is 3. The maximum absolute atomic E-state index is 6.04. The van der Waals surface area contributed by atoms with Gasteiger partial charge in [-0.25, -0.2) is 9.97 Å². The van der Waals surface area contributed by atoms with Crippen molar-refractivity contribution in [3.63, 3.8) is 0 Å². The Balaban J connectivity index is 1.56. The van der Waals surface area contributed by atoms with Crippen LogP contribution in [0.3, 0.4) is 0 Å². The van der Waals surface area contributed by atoms with Crippen molar-refractivity contribution in [3.05, 3.63) is 75.9 Å². The molecule has 2 aliphatic rings. The van der Waals surface area contributed by atoms with E-state index >= 15 is 0 Å². The van der Waals surface area contributed by atoms with E-state index in [1.165, 1.54) is 16.7 Å². The molecule has 1 aliphatic carbocycles. The maximum atomic E-state index is 6.04. The van der Waals surface area contributed by atoms with Gasteiger partial charge in [-0.2, -0.15) is 0 Å². The highest BCUT2D eigenvalue weighted by Crippen LogP contribution is 2.34. The number of anilines is 1. The normalized spacial score (nSPS) is 17.2. The number of benzene rings is 2. The topological polar surface area (TPSA) is 50.2 Å². The number of hydrogen-bond acceptors (Lipinski definition) is 4. The SMILES string of the molecule is CCC1N=C(Nc2nc(-c3ccc(Cl)cc3)nc3c2CCC3)c2ccccc21. The Morgan fingerprint density at radius 2 is 1.86 bits per heavy atom. The molecule has 1 unspecified atom stereocenters. The Kier molecular flexibility index (Phi) is 4.36. The molecule has 1 N–H and O–H groups in total. The van der Waals surface area contributed by atoms with Gasteiger partial charge in [0.1, 0.15) is 11.7 Å². The number of aryl methyl sites for hydroxylation is 1. The third kappa shape index (κ3) is 2.98. The van der Waals surface area contributed by atoms with E-state index in [0.29, 0.717) is 5.02 Å². The van der Waals surface area contributed by atoms with E-state index in [4.69, 9.17) is 26.6 Å². The van der Waals surface area contributed by atoms with Crippen molar-refractivity contribution < 1.29 is 0 Å². The van der Waals surface area contributed by atoms with Crippen molar-refractivity contribution >= 4 is 23.3 Å². The standard InChI is InChI=1S/C23H21ClN4/c1-2-19-16-6-3-4-7-17(16)22(25-19)28-23-18-8-5-9-20(18)26-21(27-23)14-10-12-15(24)13-11-14/h3-4,6-7,10-13,19H,2,5,8-9H2,1H3,(H,25,26,27,28). The number of aromatic nitrogens is 2. The third-order valence-electron chi connectivity index (χ3n) is 5.52.